The minimum absolute atomic E-state index is 0.0444. The van der Waals surface area contributed by atoms with Crippen molar-refractivity contribution in [2.45, 2.75) is 122 Å². The lowest BCUT2D eigenvalue weighted by Crippen LogP contribution is -2.37. The highest BCUT2D eigenvalue weighted by atomic mass is 19.1. The Bertz CT molecular complexity index is 558. The summed E-state index contributed by atoms with van der Waals surface area (Å²) in [7, 11) is 0. The number of carbonyl (C=O) groups excluding carboxylic acids is 1. The van der Waals surface area contributed by atoms with Gasteiger partial charge in [0.25, 0.3) is 0 Å². The number of nitrogens with zero attached hydrogens (tertiary/aromatic N) is 1. The van der Waals surface area contributed by atoms with Crippen LogP contribution >= 0.6 is 0 Å². The van der Waals surface area contributed by atoms with E-state index in [-0.39, 0.29) is 24.2 Å². The summed E-state index contributed by atoms with van der Waals surface area (Å²) in [5, 5.41) is 8.96. The Kier molecular flexibility index (Phi) is 9.47. The molecule has 0 aromatic rings. The van der Waals surface area contributed by atoms with Gasteiger partial charge in [0.05, 0.1) is 12.0 Å². The van der Waals surface area contributed by atoms with E-state index >= 15 is 0 Å². The Morgan fingerprint density at radius 2 is 1.60 bits per heavy atom. The van der Waals surface area contributed by atoms with Crippen LogP contribution in [0.3, 0.4) is 0 Å². The Hall–Kier alpha value is -1.11. The number of unbranched alkanes of at least 4 members (excludes halogenated alkanes) is 3. The van der Waals surface area contributed by atoms with Crippen LogP contribution in [0.15, 0.2) is 0 Å². The number of esters is 1. The van der Waals surface area contributed by atoms with Crippen molar-refractivity contribution >= 4 is 5.97 Å². The van der Waals surface area contributed by atoms with Crippen LogP contribution in [0.1, 0.15) is 110 Å². The summed E-state index contributed by atoms with van der Waals surface area (Å²) in [6.45, 7) is 2.28. The van der Waals surface area contributed by atoms with E-state index in [9.17, 15) is 9.18 Å². The van der Waals surface area contributed by atoms with Gasteiger partial charge in [-0.1, -0.05) is 51.9 Å². The summed E-state index contributed by atoms with van der Waals surface area (Å²) < 4.78 is 19.8. The molecule has 0 spiro atoms. The largest absolute Gasteiger partial charge is 0.459 e. The van der Waals surface area contributed by atoms with Crippen molar-refractivity contribution in [3.8, 4) is 6.07 Å². The summed E-state index contributed by atoms with van der Waals surface area (Å²) in [4.78, 5) is 12.6. The molecule has 0 radical (unpaired) electrons. The lowest BCUT2D eigenvalue weighted by Gasteiger charge is -2.38. The number of nitriles is 1. The summed E-state index contributed by atoms with van der Waals surface area (Å²) in [6.07, 6.45) is 16.1. The fourth-order valence-electron chi connectivity index (χ4n) is 6.22. The molecule has 0 heterocycles. The molecule has 3 aliphatic rings. The molecule has 170 valence electrons. The predicted octanol–water partition coefficient (Wildman–Crippen LogP) is 7.14. The van der Waals surface area contributed by atoms with Crippen LogP contribution in [-0.2, 0) is 9.53 Å². The van der Waals surface area contributed by atoms with E-state index in [0.29, 0.717) is 12.8 Å². The third-order valence-corrected chi connectivity index (χ3v) is 8.29. The molecule has 3 unspecified atom stereocenters. The lowest BCUT2D eigenvalue weighted by atomic mass is 9.68. The van der Waals surface area contributed by atoms with Crippen molar-refractivity contribution in [1.82, 2.24) is 0 Å². The van der Waals surface area contributed by atoms with Crippen LogP contribution < -0.4 is 0 Å². The van der Waals surface area contributed by atoms with Gasteiger partial charge in [-0.15, -0.1) is 0 Å². The van der Waals surface area contributed by atoms with Crippen molar-refractivity contribution in [2.75, 3.05) is 0 Å². The number of hydrogen-bond donors (Lipinski definition) is 0. The highest BCUT2D eigenvalue weighted by molar-refractivity contribution is 5.72. The molecule has 0 saturated heterocycles. The van der Waals surface area contributed by atoms with Crippen molar-refractivity contribution in [3.63, 3.8) is 0 Å². The second-order valence-corrected chi connectivity index (χ2v) is 10.4. The molecule has 3 aliphatic carbocycles. The zero-order valence-corrected chi connectivity index (χ0v) is 19.0. The fraction of sp³-hybridized carbons (Fsp3) is 0.923. The maximum Gasteiger partial charge on any atom is 0.309 e. The number of rotatable bonds is 8. The molecule has 0 bridgehead atoms. The van der Waals surface area contributed by atoms with E-state index in [1.54, 1.807) is 0 Å². The molecular weight excluding hydrogens is 377 g/mol. The molecule has 0 aromatic heterocycles. The first kappa shape index (κ1) is 23.6. The summed E-state index contributed by atoms with van der Waals surface area (Å²) >= 11 is 0. The highest BCUT2D eigenvalue weighted by Crippen LogP contribution is 2.43. The van der Waals surface area contributed by atoms with E-state index in [1.165, 1.54) is 57.8 Å². The molecule has 4 heteroatoms. The number of hydrogen-bond acceptors (Lipinski definition) is 3. The number of carbonyl (C=O) groups is 1. The minimum atomic E-state index is -1.18. The first-order chi connectivity index (χ1) is 14.6. The third kappa shape index (κ3) is 6.69. The second kappa shape index (κ2) is 12.1. The Morgan fingerprint density at radius 1 is 0.933 bits per heavy atom. The van der Waals surface area contributed by atoms with E-state index in [1.807, 2.05) is 0 Å². The average Bonchev–Trinajstić information content (AvgIpc) is 2.78. The fourth-order valence-corrected chi connectivity index (χ4v) is 6.22. The predicted molar refractivity (Wildman–Crippen MR) is 117 cm³/mol. The highest BCUT2D eigenvalue weighted by Gasteiger charge is 2.37. The molecule has 3 saturated carbocycles. The van der Waals surface area contributed by atoms with Crippen LogP contribution in [-0.4, -0.2) is 18.2 Å². The number of ether oxygens (including phenoxy) is 1. The third-order valence-electron chi connectivity index (χ3n) is 8.29. The van der Waals surface area contributed by atoms with E-state index in [0.717, 1.165) is 43.4 Å². The van der Waals surface area contributed by atoms with Crippen LogP contribution in [0.5, 0.6) is 0 Å². The van der Waals surface area contributed by atoms with Gasteiger partial charge in [-0.05, 0) is 75.5 Å². The number of alkyl halides is 1. The molecule has 3 nitrogen and oxygen atoms in total. The topological polar surface area (TPSA) is 50.1 Å². The molecular formula is C26H42FNO2. The van der Waals surface area contributed by atoms with Crippen molar-refractivity contribution in [2.24, 2.45) is 29.6 Å². The van der Waals surface area contributed by atoms with Crippen LogP contribution in [0, 0.1) is 40.9 Å². The SMILES string of the molecule is CCCCCCC1CCC(C2CCC(C(=O)OC3CCC(C#N)CC3F)CC2)CC1. The molecule has 0 aromatic carbocycles. The Labute approximate surface area is 183 Å². The zero-order valence-electron chi connectivity index (χ0n) is 19.0. The van der Waals surface area contributed by atoms with Gasteiger partial charge in [-0.2, -0.15) is 5.26 Å². The quantitative estimate of drug-likeness (QED) is 0.310. The zero-order chi connectivity index (χ0) is 21.3. The van der Waals surface area contributed by atoms with Gasteiger partial charge in [0.2, 0.25) is 0 Å². The first-order valence-electron chi connectivity index (χ1n) is 12.8. The van der Waals surface area contributed by atoms with Gasteiger partial charge >= 0.3 is 5.97 Å². The van der Waals surface area contributed by atoms with Gasteiger partial charge in [-0.3, -0.25) is 4.79 Å². The first-order valence-corrected chi connectivity index (χ1v) is 12.8. The van der Waals surface area contributed by atoms with Crippen molar-refractivity contribution in [1.29, 1.82) is 5.26 Å². The van der Waals surface area contributed by atoms with Gasteiger partial charge in [0, 0.05) is 5.92 Å². The van der Waals surface area contributed by atoms with Crippen molar-refractivity contribution in [3.05, 3.63) is 0 Å². The van der Waals surface area contributed by atoms with E-state index in [2.05, 4.69) is 13.0 Å². The molecule has 30 heavy (non-hydrogen) atoms. The minimum Gasteiger partial charge on any atom is -0.459 e. The Morgan fingerprint density at radius 3 is 2.20 bits per heavy atom. The maximum atomic E-state index is 14.2. The standard InChI is InChI=1S/C26H42FNO2/c1-2-3-4-5-6-19-7-10-21(11-8-19)22-12-14-23(15-13-22)26(29)30-25-16-9-20(18-28)17-24(25)27/h19-25H,2-17H2,1H3. The monoisotopic (exact) mass is 419 g/mol. The molecule has 3 rings (SSSR count). The summed E-state index contributed by atoms with van der Waals surface area (Å²) in [5.41, 5.74) is 0. The normalized spacial score (nSPS) is 37.3. The van der Waals surface area contributed by atoms with E-state index < -0.39 is 12.3 Å². The van der Waals surface area contributed by atoms with Gasteiger partial charge in [0.1, 0.15) is 12.3 Å². The molecule has 0 N–H and O–H groups in total. The molecule has 0 amide bonds. The van der Waals surface area contributed by atoms with Crippen LogP contribution in [0.4, 0.5) is 4.39 Å². The summed E-state index contributed by atoms with van der Waals surface area (Å²) in [6, 6.07) is 2.14. The average molecular weight is 420 g/mol. The van der Waals surface area contributed by atoms with Gasteiger partial charge in [0.15, 0.2) is 0 Å². The Balaban J connectivity index is 1.33. The second-order valence-electron chi connectivity index (χ2n) is 10.4. The van der Waals surface area contributed by atoms with Crippen LogP contribution in [0.2, 0.25) is 0 Å². The number of halogens is 1. The molecule has 3 fully saturated rings. The molecule has 3 atom stereocenters. The lowest BCUT2D eigenvalue weighted by molar-refractivity contribution is -0.161. The van der Waals surface area contributed by atoms with Crippen LogP contribution in [0.25, 0.3) is 0 Å². The van der Waals surface area contributed by atoms with E-state index in [4.69, 9.17) is 10.00 Å². The van der Waals surface area contributed by atoms with Gasteiger partial charge < -0.3 is 4.74 Å². The van der Waals surface area contributed by atoms with Gasteiger partial charge in [-0.25, -0.2) is 4.39 Å². The maximum absolute atomic E-state index is 14.2. The summed E-state index contributed by atoms with van der Waals surface area (Å²) in [5.74, 6) is 2.12. The van der Waals surface area contributed by atoms with Crippen molar-refractivity contribution < 1.29 is 13.9 Å². The smallest absolute Gasteiger partial charge is 0.309 e. The molecule has 0 aliphatic heterocycles.